The molecule has 1 unspecified atom stereocenters. The molecule has 1 aliphatic rings. The lowest BCUT2D eigenvalue weighted by atomic mass is 10.1. The molecule has 164 valence electrons. The Morgan fingerprint density at radius 2 is 2.13 bits per heavy atom. The molecular weight excluding hydrogens is 404 g/mol. The molecule has 1 aromatic heterocycles. The van der Waals surface area contributed by atoms with E-state index in [1.807, 2.05) is 35.0 Å². The highest BCUT2D eigenvalue weighted by molar-refractivity contribution is 7.90. The number of benzene rings is 1. The smallest absolute Gasteiger partial charge is 0.191 e. The Bertz CT molecular complexity index is 943. The average Bonchev–Trinajstić information content (AvgIpc) is 3.12. The molecule has 0 saturated heterocycles. The first-order valence-corrected chi connectivity index (χ1v) is 11.9. The second kappa shape index (κ2) is 10.5. The highest BCUT2D eigenvalue weighted by Gasteiger charge is 2.22. The predicted octanol–water partition coefficient (Wildman–Crippen LogP) is 0.909. The van der Waals surface area contributed by atoms with E-state index in [0.717, 1.165) is 24.2 Å². The van der Waals surface area contributed by atoms with E-state index in [0.29, 0.717) is 37.9 Å². The van der Waals surface area contributed by atoms with Crippen molar-refractivity contribution in [2.24, 2.45) is 4.99 Å². The molecule has 2 aromatic rings. The monoisotopic (exact) mass is 434 g/mol. The second-order valence-electron chi connectivity index (χ2n) is 7.37. The normalized spacial score (nSPS) is 16.9. The number of hydrogen-bond donors (Lipinski definition) is 2. The molecule has 0 fully saturated rings. The fourth-order valence-electron chi connectivity index (χ4n) is 3.46. The third kappa shape index (κ3) is 6.53. The molecule has 1 atom stereocenters. The van der Waals surface area contributed by atoms with Crippen molar-refractivity contribution in [3.05, 3.63) is 47.5 Å². The first-order valence-electron chi connectivity index (χ1n) is 10.1. The van der Waals surface area contributed by atoms with Gasteiger partial charge in [0, 0.05) is 33.2 Å². The van der Waals surface area contributed by atoms with Gasteiger partial charge in [0.1, 0.15) is 12.4 Å². The number of fused-ring (bicyclic) bond motifs is 1. The largest absolute Gasteiger partial charge is 0.377 e. The fraction of sp³-hybridized carbons (Fsp3) is 0.550. The molecule has 0 bridgehead atoms. The molecule has 9 nitrogen and oxygen atoms in total. The van der Waals surface area contributed by atoms with Crippen LogP contribution in [0, 0.1) is 0 Å². The maximum Gasteiger partial charge on any atom is 0.191 e. The number of methoxy groups -OCH3 is 1. The van der Waals surface area contributed by atoms with Crippen LogP contribution < -0.4 is 10.6 Å². The van der Waals surface area contributed by atoms with Gasteiger partial charge in [-0.15, -0.1) is 0 Å². The minimum Gasteiger partial charge on any atom is -0.377 e. The zero-order valence-corrected chi connectivity index (χ0v) is 18.4. The molecule has 2 heterocycles. The molecule has 30 heavy (non-hydrogen) atoms. The van der Waals surface area contributed by atoms with Crippen LogP contribution in [-0.4, -0.2) is 61.6 Å². The molecule has 0 amide bonds. The van der Waals surface area contributed by atoms with Gasteiger partial charge in [-0.25, -0.2) is 18.1 Å². The Balaban J connectivity index is 1.41. The molecule has 1 aromatic carbocycles. The summed E-state index contributed by atoms with van der Waals surface area (Å²) in [5, 5.41) is 11.1. The van der Waals surface area contributed by atoms with E-state index in [1.54, 1.807) is 14.2 Å². The Labute approximate surface area is 177 Å². The van der Waals surface area contributed by atoms with Crippen LogP contribution in [0.1, 0.15) is 30.1 Å². The summed E-state index contributed by atoms with van der Waals surface area (Å²) in [4.78, 5) is 8.74. The van der Waals surface area contributed by atoms with E-state index < -0.39 is 9.84 Å². The third-order valence-corrected chi connectivity index (χ3v) is 6.58. The van der Waals surface area contributed by atoms with E-state index in [9.17, 15) is 8.42 Å². The molecule has 0 radical (unpaired) electrons. The topological polar surface area (TPSA) is 110 Å². The lowest BCUT2D eigenvalue weighted by Gasteiger charge is -2.25. The van der Waals surface area contributed by atoms with Crippen molar-refractivity contribution in [1.29, 1.82) is 0 Å². The second-order valence-corrected chi connectivity index (χ2v) is 9.55. The SMILES string of the molecule is CN=C(NCCCS(=O)(=O)Cc1ccccc1)NC1CCc2nc(COC)nn2C1. The highest BCUT2D eigenvalue weighted by Crippen LogP contribution is 2.13. The van der Waals surface area contributed by atoms with Crippen molar-refractivity contribution in [2.75, 3.05) is 26.5 Å². The lowest BCUT2D eigenvalue weighted by molar-refractivity contribution is 0.177. The Kier molecular flexibility index (Phi) is 7.81. The molecule has 0 saturated carbocycles. The Hall–Kier alpha value is -2.46. The van der Waals surface area contributed by atoms with Crippen LogP contribution in [0.4, 0.5) is 0 Å². The number of hydrogen-bond acceptors (Lipinski definition) is 6. The molecule has 3 rings (SSSR count). The van der Waals surface area contributed by atoms with E-state index in [1.165, 1.54) is 0 Å². The number of aryl methyl sites for hydroxylation is 1. The summed E-state index contributed by atoms with van der Waals surface area (Å²) in [5.41, 5.74) is 0.821. The van der Waals surface area contributed by atoms with Gasteiger partial charge in [-0.1, -0.05) is 30.3 Å². The Morgan fingerprint density at radius 1 is 1.33 bits per heavy atom. The van der Waals surface area contributed by atoms with Crippen LogP contribution >= 0.6 is 0 Å². The van der Waals surface area contributed by atoms with Crippen molar-refractivity contribution in [3.63, 3.8) is 0 Å². The van der Waals surface area contributed by atoms with E-state index in [2.05, 4.69) is 25.7 Å². The van der Waals surface area contributed by atoms with Crippen LogP contribution in [-0.2, 0) is 39.9 Å². The minimum atomic E-state index is -3.13. The number of sulfone groups is 1. The zero-order valence-electron chi connectivity index (χ0n) is 17.5. The summed E-state index contributed by atoms with van der Waals surface area (Å²) < 4.78 is 31.6. The van der Waals surface area contributed by atoms with Gasteiger partial charge in [0.25, 0.3) is 0 Å². The van der Waals surface area contributed by atoms with Gasteiger partial charge in [0.15, 0.2) is 21.6 Å². The summed E-state index contributed by atoms with van der Waals surface area (Å²) in [6.07, 6.45) is 2.29. The van der Waals surface area contributed by atoms with Crippen LogP contribution in [0.25, 0.3) is 0 Å². The molecular formula is C20H30N6O3S. The molecule has 2 N–H and O–H groups in total. The number of nitrogens with one attached hydrogen (secondary N) is 2. The van der Waals surface area contributed by atoms with Gasteiger partial charge >= 0.3 is 0 Å². The van der Waals surface area contributed by atoms with Gasteiger partial charge in [-0.05, 0) is 18.4 Å². The number of aromatic nitrogens is 3. The molecule has 0 aliphatic carbocycles. The van der Waals surface area contributed by atoms with Crippen molar-refractivity contribution < 1.29 is 13.2 Å². The molecule has 0 spiro atoms. The quantitative estimate of drug-likeness (QED) is 0.343. The van der Waals surface area contributed by atoms with Crippen LogP contribution in [0.5, 0.6) is 0 Å². The first kappa shape index (κ1) is 22.2. The van der Waals surface area contributed by atoms with Crippen LogP contribution in [0.2, 0.25) is 0 Å². The average molecular weight is 435 g/mol. The maximum atomic E-state index is 12.3. The van der Waals surface area contributed by atoms with E-state index in [-0.39, 0.29) is 17.5 Å². The highest BCUT2D eigenvalue weighted by atomic mass is 32.2. The van der Waals surface area contributed by atoms with E-state index in [4.69, 9.17) is 4.74 Å². The van der Waals surface area contributed by atoms with Gasteiger partial charge in [0.05, 0.1) is 18.1 Å². The number of ether oxygens (including phenoxy) is 1. The standard InChI is InChI=1S/C20H30N6O3S/c1-21-20(22-11-6-12-30(27,28)15-16-7-4-3-5-8-16)23-17-9-10-19-24-18(14-29-2)25-26(19)13-17/h3-5,7-8,17H,6,9-15H2,1-2H3,(H2,21,22,23). The number of guanidine groups is 1. The number of nitrogens with zero attached hydrogens (tertiary/aromatic N) is 4. The third-order valence-electron chi connectivity index (χ3n) is 4.89. The molecule has 10 heteroatoms. The van der Waals surface area contributed by atoms with Gasteiger partial charge in [-0.2, -0.15) is 5.10 Å². The first-order chi connectivity index (χ1) is 14.5. The summed E-state index contributed by atoms with van der Waals surface area (Å²) in [6, 6.07) is 9.45. The van der Waals surface area contributed by atoms with Gasteiger partial charge in [-0.3, -0.25) is 4.99 Å². The minimum absolute atomic E-state index is 0.0776. The van der Waals surface area contributed by atoms with Crippen molar-refractivity contribution in [3.8, 4) is 0 Å². The fourth-order valence-corrected chi connectivity index (χ4v) is 4.88. The van der Waals surface area contributed by atoms with Gasteiger partial charge < -0.3 is 15.4 Å². The molecule has 1 aliphatic heterocycles. The van der Waals surface area contributed by atoms with Crippen molar-refractivity contribution in [1.82, 2.24) is 25.4 Å². The summed E-state index contributed by atoms with van der Waals surface area (Å²) >= 11 is 0. The summed E-state index contributed by atoms with van der Waals surface area (Å²) in [6.45, 7) is 1.65. The lowest BCUT2D eigenvalue weighted by Crippen LogP contribution is -2.47. The summed E-state index contributed by atoms with van der Waals surface area (Å²) in [5.74, 6) is 2.56. The van der Waals surface area contributed by atoms with Crippen LogP contribution in [0.15, 0.2) is 35.3 Å². The van der Waals surface area contributed by atoms with Crippen molar-refractivity contribution >= 4 is 15.8 Å². The van der Waals surface area contributed by atoms with Gasteiger partial charge in [0.2, 0.25) is 0 Å². The van der Waals surface area contributed by atoms with Crippen molar-refractivity contribution in [2.45, 2.75) is 44.2 Å². The predicted molar refractivity (Wildman–Crippen MR) is 116 cm³/mol. The number of rotatable bonds is 9. The maximum absolute atomic E-state index is 12.3. The summed E-state index contributed by atoms with van der Waals surface area (Å²) in [7, 11) is 0.211. The zero-order chi connectivity index (χ0) is 21.4. The van der Waals surface area contributed by atoms with Crippen LogP contribution in [0.3, 0.4) is 0 Å². The van der Waals surface area contributed by atoms with E-state index >= 15 is 0 Å². The Morgan fingerprint density at radius 3 is 2.87 bits per heavy atom. The number of aliphatic imine (C=N–C) groups is 1.